The molecule has 2 saturated heterocycles. The topological polar surface area (TPSA) is 67.6 Å². The summed E-state index contributed by atoms with van der Waals surface area (Å²) in [5.41, 5.74) is 5.72. The highest BCUT2D eigenvalue weighted by Crippen LogP contribution is 2.09. The Hall–Kier alpha value is -0.810. The molecular formula is C9H17N3O2. The SMILES string of the molecule is N[C@@H]1CCN(C(=O)NC2CCOC2)C1. The minimum atomic E-state index is 0.00782. The van der Waals surface area contributed by atoms with E-state index >= 15 is 0 Å². The first-order valence-corrected chi connectivity index (χ1v) is 5.14. The van der Waals surface area contributed by atoms with E-state index in [1.165, 1.54) is 0 Å². The molecule has 3 N–H and O–H groups in total. The molecule has 0 aromatic carbocycles. The number of hydrogen-bond acceptors (Lipinski definition) is 3. The van der Waals surface area contributed by atoms with Crippen LogP contribution in [-0.2, 0) is 4.74 Å². The predicted octanol–water partition coefficient (Wildman–Crippen LogP) is -0.482. The van der Waals surface area contributed by atoms with Crippen LogP contribution in [0.25, 0.3) is 0 Å². The van der Waals surface area contributed by atoms with Crippen LogP contribution in [0.5, 0.6) is 0 Å². The van der Waals surface area contributed by atoms with Crippen LogP contribution in [0.1, 0.15) is 12.8 Å². The molecule has 0 aromatic rings. The summed E-state index contributed by atoms with van der Waals surface area (Å²) in [6, 6.07) is 0.355. The van der Waals surface area contributed by atoms with Crippen LogP contribution in [0.15, 0.2) is 0 Å². The number of urea groups is 1. The summed E-state index contributed by atoms with van der Waals surface area (Å²) >= 11 is 0. The monoisotopic (exact) mass is 199 g/mol. The van der Waals surface area contributed by atoms with Crippen LogP contribution in [0.4, 0.5) is 4.79 Å². The Morgan fingerprint density at radius 1 is 1.50 bits per heavy atom. The maximum absolute atomic E-state index is 11.7. The number of ether oxygens (including phenoxy) is 1. The van der Waals surface area contributed by atoms with Gasteiger partial charge in [0.2, 0.25) is 0 Å². The van der Waals surface area contributed by atoms with E-state index in [1.807, 2.05) is 0 Å². The van der Waals surface area contributed by atoms with Crippen LogP contribution in [0.2, 0.25) is 0 Å². The summed E-state index contributed by atoms with van der Waals surface area (Å²) in [6.45, 7) is 2.86. The summed E-state index contributed by atoms with van der Waals surface area (Å²) < 4.78 is 5.18. The number of carbonyl (C=O) groups is 1. The highest BCUT2D eigenvalue weighted by molar-refractivity contribution is 5.74. The molecule has 2 aliphatic rings. The van der Waals surface area contributed by atoms with E-state index in [4.69, 9.17) is 10.5 Å². The van der Waals surface area contributed by atoms with Crippen molar-refractivity contribution in [2.24, 2.45) is 5.73 Å². The van der Waals surface area contributed by atoms with Gasteiger partial charge in [0, 0.05) is 25.7 Å². The fourth-order valence-corrected chi connectivity index (χ4v) is 1.89. The zero-order chi connectivity index (χ0) is 9.97. The molecule has 0 spiro atoms. The highest BCUT2D eigenvalue weighted by Gasteiger charge is 2.26. The van der Waals surface area contributed by atoms with Gasteiger partial charge in [-0.3, -0.25) is 0 Å². The molecule has 0 aromatic heterocycles. The first-order chi connectivity index (χ1) is 6.75. The fraction of sp³-hybridized carbons (Fsp3) is 0.889. The zero-order valence-electron chi connectivity index (χ0n) is 8.24. The third-order valence-electron chi connectivity index (χ3n) is 2.77. The van der Waals surface area contributed by atoms with Crippen molar-refractivity contribution >= 4 is 6.03 Å². The van der Waals surface area contributed by atoms with Crippen LogP contribution >= 0.6 is 0 Å². The van der Waals surface area contributed by atoms with Crippen LogP contribution in [-0.4, -0.2) is 49.3 Å². The Labute approximate surface area is 83.6 Å². The Balaban J connectivity index is 1.77. The fourth-order valence-electron chi connectivity index (χ4n) is 1.89. The zero-order valence-corrected chi connectivity index (χ0v) is 8.24. The number of rotatable bonds is 1. The van der Waals surface area contributed by atoms with Gasteiger partial charge in [0.15, 0.2) is 0 Å². The van der Waals surface area contributed by atoms with Gasteiger partial charge in [0.25, 0.3) is 0 Å². The van der Waals surface area contributed by atoms with E-state index in [-0.39, 0.29) is 18.1 Å². The minimum Gasteiger partial charge on any atom is -0.379 e. The van der Waals surface area contributed by atoms with E-state index in [1.54, 1.807) is 4.90 Å². The summed E-state index contributed by atoms with van der Waals surface area (Å²) in [6.07, 6.45) is 1.83. The number of hydrogen-bond donors (Lipinski definition) is 2. The van der Waals surface area contributed by atoms with E-state index in [9.17, 15) is 4.79 Å². The molecule has 2 aliphatic heterocycles. The number of likely N-dealkylation sites (tertiary alicyclic amines) is 1. The molecule has 1 unspecified atom stereocenters. The third kappa shape index (κ3) is 2.16. The molecule has 5 nitrogen and oxygen atoms in total. The van der Waals surface area contributed by atoms with Gasteiger partial charge in [0.1, 0.15) is 0 Å². The molecule has 2 rings (SSSR count). The minimum absolute atomic E-state index is 0.00782. The number of nitrogens with zero attached hydrogens (tertiary/aromatic N) is 1. The van der Waals surface area contributed by atoms with E-state index < -0.39 is 0 Å². The lowest BCUT2D eigenvalue weighted by Crippen LogP contribution is -2.44. The Morgan fingerprint density at radius 3 is 2.93 bits per heavy atom. The second-order valence-electron chi connectivity index (χ2n) is 4.00. The molecule has 2 atom stereocenters. The van der Waals surface area contributed by atoms with Crippen molar-refractivity contribution in [1.29, 1.82) is 0 Å². The predicted molar refractivity (Wildman–Crippen MR) is 51.9 cm³/mol. The average molecular weight is 199 g/mol. The van der Waals surface area contributed by atoms with Gasteiger partial charge in [0.05, 0.1) is 12.6 Å². The molecular weight excluding hydrogens is 182 g/mol. The normalized spacial score (nSPS) is 32.2. The van der Waals surface area contributed by atoms with Gasteiger partial charge in [-0.1, -0.05) is 0 Å². The third-order valence-corrected chi connectivity index (χ3v) is 2.77. The van der Waals surface area contributed by atoms with Gasteiger partial charge in [-0.2, -0.15) is 0 Å². The lowest BCUT2D eigenvalue weighted by molar-refractivity contribution is 0.182. The van der Waals surface area contributed by atoms with Crippen molar-refractivity contribution in [3.05, 3.63) is 0 Å². The number of nitrogens with one attached hydrogen (secondary N) is 1. The number of carbonyl (C=O) groups excluding carboxylic acids is 1. The Kier molecular flexibility index (Phi) is 2.88. The molecule has 0 saturated carbocycles. The van der Waals surface area contributed by atoms with Crippen LogP contribution in [0, 0.1) is 0 Å². The second-order valence-corrected chi connectivity index (χ2v) is 4.00. The first-order valence-electron chi connectivity index (χ1n) is 5.14. The highest BCUT2D eigenvalue weighted by atomic mass is 16.5. The van der Waals surface area contributed by atoms with Crippen LogP contribution in [0.3, 0.4) is 0 Å². The molecule has 0 aliphatic carbocycles. The van der Waals surface area contributed by atoms with Crippen LogP contribution < -0.4 is 11.1 Å². The average Bonchev–Trinajstić information content (AvgIpc) is 2.75. The molecule has 14 heavy (non-hydrogen) atoms. The van der Waals surface area contributed by atoms with Gasteiger partial charge < -0.3 is 20.7 Å². The smallest absolute Gasteiger partial charge is 0.317 e. The number of amides is 2. The lowest BCUT2D eigenvalue weighted by atomic mass is 10.3. The summed E-state index contributed by atoms with van der Waals surface area (Å²) in [5.74, 6) is 0. The molecule has 2 amide bonds. The summed E-state index contributed by atoms with van der Waals surface area (Å²) in [4.78, 5) is 13.4. The van der Waals surface area contributed by atoms with Crippen molar-refractivity contribution in [1.82, 2.24) is 10.2 Å². The van der Waals surface area contributed by atoms with Crippen molar-refractivity contribution in [3.8, 4) is 0 Å². The van der Waals surface area contributed by atoms with Crippen molar-refractivity contribution in [2.75, 3.05) is 26.3 Å². The van der Waals surface area contributed by atoms with Gasteiger partial charge in [-0.15, -0.1) is 0 Å². The Bertz CT molecular complexity index is 216. The second kappa shape index (κ2) is 4.14. The number of nitrogens with two attached hydrogens (primary N) is 1. The van der Waals surface area contributed by atoms with E-state index in [2.05, 4.69) is 5.32 Å². The quantitative estimate of drug-likeness (QED) is 0.599. The van der Waals surface area contributed by atoms with Gasteiger partial charge >= 0.3 is 6.03 Å². The maximum atomic E-state index is 11.7. The summed E-state index contributed by atoms with van der Waals surface area (Å²) in [7, 11) is 0. The lowest BCUT2D eigenvalue weighted by Gasteiger charge is -2.19. The molecule has 2 heterocycles. The van der Waals surface area contributed by atoms with Crippen molar-refractivity contribution in [3.63, 3.8) is 0 Å². The Morgan fingerprint density at radius 2 is 2.36 bits per heavy atom. The van der Waals surface area contributed by atoms with Gasteiger partial charge in [-0.25, -0.2) is 4.79 Å². The van der Waals surface area contributed by atoms with Gasteiger partial charge in [-0.05, 0) is 12.8 Å². The molecule has 5 heteroatoms. The maximum Gasteiger partial charge on any atom is 0.317 e. The molecule has 80 valence electrons. The molecule has 0 bridgehead atoms. The van der Waals surface area contributed by atoms with Crippen molar-refractivity contribution in [2.45, 2.75) is 24.9 Å². The summed E-state index contributed by atoms with van der Waals surface area (Å²) in [5, 5.41) is 2.95. The molecule has 0 radical (unpaired) electrons. The standard InChI is InChI=1S/C9H17N3O2/c10-7-1-3-12(5-7)9(13)11-8-2-4-14-6-8/h7-8H,1-6,10H2,(H,11,13)/t7-,8?/m1/s1. The van der Waals surface area contributed by atoms with Crippen molar-refractivity contribution < 1.29 is 9.53 Å². The first kappa shape index (κ1) is 9.73. The largest absolute Gasteiger partial charge is 0.379 e. The molecule has 2 fully saturated rings. The van der Waals surface area contributed by atoms with E-state index in [0.717, 1.165) is 26.0 Å². The van der Waals surface area contributed by atoms with E-state index in [0.29, 0.717) is 13.2 Å².